The third kappa shape index (κ3) is 6.74. The molecule has 1 aromatic heterocycles. The standard InChI is InChI=1S/C29H41NO4.C22H30N2O2S/c1-25(2,3)26(4,32)20-15-27-10-11-29(20,33-5)24-28(27)12-13-30(16-17-6-7-17)21(27)14-18-8-9-19(31)23(34-24)22(18)28;1-3-21(25)24(19-8-5-4-6-9-19)22(18-26-2)12-15-23(16-13-22)14-11-20-10-7-17-27-20/h8-9,17,20-21,24,31-32H,6-7,10-16H2,1-5H3;4-10,17H,3,11-16,18H2,1-2H3/t20-,21-,24-,26+,27-,28+,29+;/m1./s1. The van der Waals surface area contributed by atoms with Crippen LogP contribution in [0.1, 0.15) is 108 Å². The number of aromatic hydroxyl groups is 1. The molecule has 3 aromatic rings. The Morgan fingerprint density at radius 3 is 2.36 bits per heavy atom. The van der Waals surface area contributed by atoms with Crippen LogP contribution in [0, 0.1) is 22.7 Å². The minimum Gasteiger partial charge on any atom is -0.504 e. The second-order valence-corrected chi connectivity index (χ2v) is 22.1. The fourth-order valence-electron chi connectivity index (χ4n) is 13.6. The number of nitrogens with zero attached hydrogens (tertiary/aromatic N) is 3. The zero-order valence-electron chi connectivity index (χ0n) is 37.9. The zero-order chi connectivity index (χ0) is 43.0. The van der Waals surface area contributed by atoms with Crippen molar-refractivity contribution in [2.75, 3.05) is 58.5 Å². The Balaban J connectivity index is 0.000000161. The van der Waals surface area contributed by atoms with E-state index in [-0.39, 0.29) is 45.5 Å². The molecule has 8 aliphatic rings. The van der Waals surface area contributed by atoms with E-state index >= 15 is 0 Å². The van der Waals surface area contributed by atoms with Crippen LogP contribution in [0.5, 0.6) is 11.5 Å². The highest BCUT2D eigenvalue weighted by Gasteiger charge is 2.82. The number of thiophene rings is 1. The highest BCUT2D eigenvalue weighted by atomic mass is 32.1. The number of benzene rings is 2. The average molecular weight is 854 g/mol. The molecule has 4 heterocycles. The number of fused-ring (bicyclic) bond motifs is 2. The molecule has 7 atom stereocenters. The Kier molecular flexibility index (Phi) is 11.3. The fraction of sp³-hybridized carbons (Fsp3) is 0.667. The van der Waals surface area contributed by atoms with E-state index < -0.39 is 11.2 Å². The van der Waals surface area contributed by atoms with Gasteiger partial charge in [0, 0.05) is 85.7 Å². The SMILES string of the molecule is CCC(=O)N(c1ccccc1)C1(COC)CCN(CCc2cccs2)CC1.CO[C@@]12CC[C@@]3(C[C@@H]1[C@](C)(O)C(C)(C)C)[C@H]1Cc4ccc(O)c5c4[C@@]3(CCN1CC1CC1)[C@H]2O5. The summed E-state index contributed by atoms with van der Waals surface area (Å²) in [6.07, 6.45) is 11.1. The van der Waals surface area contributed by atoms with Crippen molar-refractivity contribution in [2.45, 2.75) is 140 Å². The third-order valence-electron chi connectivity index (χ3n) is 17.4. The maximum Gasteiger partial charge on any atom is 0.227 e. The largest absolute Gasteiger partial charge is 0.504 e. The van der Waals surface area contributed by atoms with E-state index in [9.17, 15) is 15.0 Å². The lowest BCUT2D eigenvalue weighted by Gasteiger charge is -2.75. The lowest BCUT2D eigenvalue weighted by molar-refractivity contribution is -0.312. The van der Waals surface area contributed by atoms with Crippen LogP contribution in [0.15, 0.2) is 60.0 Å². The number of anilines is 1. The van der Waals surface area contributed by atoms with Gasteiger partial charge in [-0.25, -0.2) is 0 Å². The van der Waals surface area contributed by atoms with Crippen LogP contribution < -0.4 is 9.64 Å². The monoisotopic (exact) mass is 854 g/mol. The number of piperidine rings is 2. The molecule has 332 valence electrons. The van der Waals surface area contributed by atoms with E-state index in [0.717, 1.165) is 89.2 Å². The normalized spacial score (nSPS) is 32.0. The number of phenols is 1. The molecule has 2 spiro atoms. The smallest absolute Gasteiger partial charge is 0.227 e. The van der Waals surface area contributed by atoms with Crippen molar-refractivity contribution in [3.8, 4) is 11.5 Å². The summed E-state index contributed by atoms with van der Waals surface area (Å²) in [4.78, 5) is 21.7. The Morgan fingerprint density at radius 2 is 1.72 bits per heavy atom. The number of carbonyl (C=O) groups excluding carboxylic acids is 1. The Labute approximate surface area is 368 Å². The number of para-hydroxylation sites is 1. The number of methoxy groups -OCH3 is 2. The van der Waals surface area contributed by atoms with Gasteiger partial charge < -0.3 is 34.2 Å². The van der Waals surface area contributed by atoms with Crippen molar-refractivity contribution in [1.82, 2.24) is 9.80 Å². The average Bonchev–Trinajstić information content (AvgIpc) is 3.76. The summed E-state index contributed by atoms with van der Waals surface area (Å²) in [6, 6.07) is 18.9. The maximum atomic E-state index is 12.9. The molecule has 2 aromatic carbocycles. The molecule has 5 aliphatic carbocycles. The summed E-state index contributed by atoms with van der Waals surface area (Å²) in [5.74, 6) is 1.97. The Morgan fingerprint density at radius 1 is 0.967 bits per heavy atom. The quantitative estimate of drug-likeness (QED) is 0.187. The van der Waals surface area contributed by atoms with Crippen LogP contribution in [0.3, 0.4) is 0 Å². The Bertz CT molecular complexity index is 2040. The lowest BCUT2D eigenvalue weighted by atomic mass is 9.33. The topological polar surface area (TPSA) is 94.9 Å². The van der Waals surface area contributed by atoms with Gasteiger partial charge in [-0.15, -0.1) is 11.3 Å². The first-order valence-electron chi connectivity index (χ1n) is 23.4. The van der Waals surface area contributed by atoms with Crippen molar-refractivity contribution in [3.63, 3.8) is 0 Å². The minimum atomic E-state index is -0.909. The highest BCUT2D eigenvalue weighted by Crippen LogP contribution is 2.78. The van der Waals surface area contributed by atoms with E-state index in [1.807, 2.05) is 73.6 Å². The van der Waals surface area contributed by atoms with Crippen molar-refractivity contribution in [3.05, 3.63) is 76.0 Å². The summed E-state index contributed by atoms with van der Waals surface area (Å²) < 4.78 is 19.1. The maximum absolute atomic E-state index is 12.9. The van der Waals surface area contributed by atoms with Gasteiger partial charge in [0.1, 0.15) is 11.7 Å². The number of hydrogen-bond acceptors (Lipinski definition) is 9. The molecule has 2 saturated heterocycles. The summed E-state index contributed by atoms with van der Waals surface area (Å²) in [6.45, 7) is 16.4. The van der Waals surface area contributed by atoms with Crippen LogP contribution in [-0.2, 0) is 32.5 Å². The second kappa shape index (κ2) is 15.9. The third-order valence-corrected chi connectivity index (χ3v) is 18.3. The van der Waals surface area contributed by atoms with Gasteiger partial charge in [-0.1, -0.05) is 58.0 Å². The second-order valence-electron chi connectivity index (χ2n) is 21.0. The van der Waals surface area contributed by atoms with Gasteiger partial charge in [-0.2, -0.15) is 0 Å². The van der Waals surface area contributed by atoms with Crippen molar-refractivity contribution < 1.29 is 29.2 Å². The number of carbonyl (C=O) groups is 1. The van der Waals surface area contributed by atoms with Crippen LogP contribution in [0.25, 0.3) is 0 Å². The van der Waals surface area contributed by atoms with Crippen LogP contribution >= 0.6 is 11.3 Å². The number of likely N-dealkylation sites (tertiary alicyclic amines) is 2. The predicted octanol–water partition coefficient (Wildman–Crippen LogP) is 8.63. The number of ether oxygens (including phenoxy) is 3. The molecule has 2 N–H and O–H groups in total. The molecular weight excluding hydrogens is 783 g/mol. The number of phenolic OH excluding ortho intramolecular Hbond substituents is 1. The number of amides is 1. The molecule has 0 radical (unpaired) electrons. The number of aliphatic hydroxyl groups is 1. The van der Waals surface area contributed by atoms with Crippen molar-refractivity contribution in [2.24, 2.45) is 22.7 Å². The molecule has 10 heteroatoms. The van der Waals surface area contributed by atoms with E-state index in [2.05, 4.69) is 54.2 Å². The summed E-state index contributed by atoms with van der Waals surface area (Å²) >= 11 is 1.83. The first kappa shape index (κ1) is 43.3. The molecule has 3 aliphatic heterocycles. The molecule has 61 heavy (non-hydrogen) atoms. The van der Waals surface area contributed by atoms with Gasteiger partial charge in [0.2, 0.25) is 5.91 Å². The molecule has 9 nitrogen and oxygen atoms in total. The molecule has 1 amide bonds. The number of rotatable bonds is 12. The van der Waals surface area contributed by atoms with Gasteiger partial charge >= 0.3 is 0 Å². The van der Waals surface area contributed by atoms with Gasteiger partial charge in [0.25, 0.3) is 0 Å². The minimum absolute atomic E-state index is 0.0294. The van der Waals surface area contributed by atoms with Crippen LogP contribution in [-0.4, -0.2) is 108 Å². The van der Waals surface area contributed by atoms with Gasteiger partial charge in [-0.3, -0.25) is 9.69 Å². The van der Waals surface area contributed by atoms with Crippen LogP contribution in [0.2, 0.25) is 0 Å². The predicted molar refractivity (Wildman–Crippen MR) is 243 cm³/mol. The molecule has 6 fully saturated rings. The van der Waals surface area contributed by atoms with E-state index in [0.29, 0.717) is 24.8 Å². The molecule has 0 unspecified atom stereocenters. The van der Waals surface area contributed by atoms with Gasteiger partial charge in [0.15, 0.2) is 11.5 Å². The van der Waals surface area contributed by atoms with E-state index in [1.54, 1.807) is 7.11 Å². The van der Waals surface area contributed by atoms with Gasteiger partial charge in [-0.05, 0) is 124 Å². The van der Waals surface area contributed by atoms with E-state index in [1.165, 1.54) is 35.4 Å². The van der Waals surface area contributed by atoms with Crippen molar-refractivity contribution >= 4 is 22.9 Å². The lowest BCUT2D eigenvalue weighted by Crippen LogP contribution is -2.83. The zero-order valence-corrected chi connectivity index (χ0v) is 38.7. The molecule has 11 rings (SSSR count). The number of hydrogen-bond donors (Lipinski definition) is 2. The molecule has 4 bridgehead atoms. The highest BCUT2D eigenvalue weighted by molar-refractivity contribution is 7.09. The molecule has 4 saturated carbocycles. The summed E-state index contributed by atoms with van der Waals surface area (Å²) in [5.41, 5.74) is 1.50. The van der Waals surface area contributed by atoms with Crippen molar-refractivity contribution in [1.29, 1.82) is 0 Å². The van der Waals surface area contributed by atoms with E-state index in [4.69, 9.17) is 14.2 Å². The first-order chi connectivity index (χ1) is 29.2. The van der Waals surface area contributed by atoms with Gasteiger partial charge in [0.05, 0.1) is 17.7 Å². The first-order valence-corrected chi connectivity index (χ1v) is 24.2. The Hall–Kier alpha value is -2.99. The molecular formula is C51H71N3O6S. The summed E-state index contributed by atoms with van der Waals surface area (Å²) in [7, 11) is 3.57. The van der Waals surface area contributed by atoms with Crippen LogP contribution in [0.4, 0.5) is 5.69 Å². The fourth-order valence-corrected chi connectivity index (χ4v) is 14.3. The summed E-state index contributed by atoms with van der Waals surface area (Å²) in [5, 5.41) is 25.3.